The van der Waals surface area contributed by atoms with Crippen molar-refractivity contribution in [2.75, 3.05) is 71.5 Å². The summed E-state index contributed by atoms with van der Waals surface area (Å²) in [7, 11) is 2.98. The lowest BCUT2D eigenvalue weighted by molar-refractivity contribution is -0.161. The predicted octanol–water partition coefficient (Wildman–Crippen LogP) is 11.5. The number of hydrogen-bond donors (Lipinski definition) is 2. The van der Waals surface area contributed by atoms with Crippen LogP contribution >= 0.6 is 34.4 Å². The number of esters is 2. The SMILES string of the molecule is COCCOCOc1cc(C(ON=S2C=C(CC(=O)N[C@@H]3C(=O)N4C(C(=O)OCc5ccc(OC)cc5)=C(/C=C\CI)CSC34)NC2=NC(c2ccccc2)(c2ccccc2)c2ccccc2)C(=O)OC(c2ccccc2)c2ccccc2)cc(F)c1OCOCCOC. The minimum atomic E-state index is -1.82. The molecule has 2 N–H and O–H groups in total. The molecule has 488 valence electrons. The van der Waals surface area contributed by atoms with E-state index >= 15 is 9.18 Å². The molecule has 94 heavy (non-hydrogen) atoms. The highest BCUT2D eigenvalue weighted by Gasteiger charge is 2.54. The van der Waals surface area contributed by atoms with Gasteiger partial charge < -0.3 is 53.3 Å². The molecule has 3 aliphatic rings. The van der Waals surface area contributed by atoms with Crippen LogP contribution in [-0.4, -0.2) is 117 Å². The molecule has 0 saturated carbocycles. The molecule has 0 spiro atoms. The number of nitrogens with zero attached hydrogens (tertiary/aromatic N) is 3. The third-order valence-electron chi connectivity index (χ3n) is 15.0. The molecular weight excluding hydrogens is 1360 g/mol. The van der Waals surface area contributed by atoms with E-state index < -0.39 is 69.4 Å². The number of rotatable bonds is 32. The molecule has 2 amide bonds. The fraction of sp³-hybridized carbons (Fsp3) is 0.254. The van der Waals surface area contributed by atoms with E-state index in [9.17, 15) is 14.4 Å². The molecule has 4 atom stereocenters. The molecule has 3 aliphatic heterocycles. The Morgan fingerprint density at radius 3 is 1.89 bits per heavy atom. The number of fused-ring (bicyclic) bond motifs is 1. The molecule has 3 unspecified atom stereocenters. The highest BCUT2D eigenvalue weighted by molar-refractivity contribution is 14.1. The summed E-state index contributed by atoms with van der Waals surface area (Å²) >= 11 is 3.62. The van der Waals surface area contributed by atoms with Gasteiger partial charge in [0.05, 0.1) is 40.0 Å². The molecule has 7 aromatic carbocycles. The van der Waals surface area contributed by atoms with Gasteiger partial charge in [-0.15, -0.1) is 11.8 Å². The van der Waals surface area contributed by atoms with Crippen molar-refractivity contribution in [3.05, 3.63) is 267 Å². The molecule has 10 rings (SSSR count). The topological polar surface area (TPSA) is 213 Å². The summed E-state index contributed by atoms with van der Waals surface area (Å²) in [5, 5.41) is 7.59. The van der Waals surface area contributed by atoms with Gasteiger partial charge in [-0.3, -0.25) is 14.5 Å². The van der Waals surface area contributed by atoms with Crippen molar-refractivity contribution >= 4 is 74.0 Å². The summed E-state index contributed by atoms with van der Waals surface area (Å²) in [4.78, 5) is 71.8. The van der Waals surface area contributed by atoms with Crippen LogP contribution in [0.3, 0.4) is 0 Å². The van der Waals surface area contributed by atoms with E-state index in [0.717, 1.165) is 28.3 Å². The smallest absolute Gasteiger partial charge is 0.355 e. The fourth-order valence-electron chi connectivity index (χ4n) is 10.5. The Morgan fingerprint density at radius 1 is 0.755 bits per heavy atom. The zero-order chi connectivity index (χ0) is 65.7. The number of nitrogens with one attached hydrogen (secondary N) is 2. The molecule has 3 heterocycles. The molecule has 1 saturated heterocycles. The normalized spacial score (nSPS) is 16.9. The zero-order valence-corrected chi connectivity index (χ0v) is 55.4. The van der Waals surface area contributed by atoms with Crippen LogP contribution in [-0.2, 0) is 75.3 Å². The summed E-state index contributed by atoms with van der Waals surface area (Å²) in [6.45, 7) is -0.0188. The van der Waals surface area contributed by atoms with Crippen LogP contribution in [0.5, 0.6) is 17.2 Å². The molecule has 1 fully saturated rings. The fourth-order valence-corrected chi connectivity index (χ4v) is 13.3. The van der Waals surface area contributed by atoms with Crippen LogP contribution in [0.25, 0.3) is 0 Å². The van der Waals surface area contributed by atoms with Crippen molar-refractivity contribution in [1.29, 1.82) is 0 Å². The first kappa shape index (κ1) is 68.3. The van der Waals surface area contributed by atoms with E-state index in [-0.39, 0.29) is 81.0 Å². The Labute approximate surface area is 564 Å². The van der Waals surface area contributed by atoms with Gasteiger partial charge >= 0.3 is 11.9 Å². The van der Waals surface area contributed by atoms with Crippen LogP contribution in [0, 0.1) is 5.82 Å². The average molecular weight is 1430 g/mol. The lowest BCUT2D eigenvalue weighted by Crippen LogP contribution is -2.70. The monoisotopic (exact) mass is 1430 g/mol. The third kappa shape index (κ3) is 16.9. The lowest BCUT2D eigenvalue weighted by Gasteiger charge is -2.49. The number of carbonyl (C=O) groups excluding carboxylic acids is 4. The number of ether oxygens (including phenoxy) is 9. The zero-order valence-electron chi connectivity index (χ0n) is 51.6. The van der Waals surface area contributed by atoms with Crippen LogP contribution in [0.4, 0.5) is 4.39 Å². The second-order valence-corrected chi connectivity index (χ2v) is 24.5. The van der Waals surface area contributed by atoms with Gasteiger partial charge in [-0.1, -0.05) is 203 Å². The highest BCUT2D eigenvalue weighted by Crippen LogP contribution is 2.44. The average Bonchev–Trinajstić information content (AvgIpc) is 0.751. The number of methoxy groups -OCH3 is 3. The number of hydrogen-bond acceptors (Lipinski definition) is 17. The molecule has 0 aromatic heterocycles. The van der Waals surface area contributed by atoms with Gasteiger partial charge in [-0.05, 0) is 63.2 Å². The molecule has 0 radical (unpaired) electrons. The standard InChI is InChI=1S/C71H69FIN5O14S2/c1-83-36-38-86-46-89-59-41-52(40-58(72)65(59)90-47-87-39-37-84-2)64(69(82)91-63(49-20-9-4-10-21-49)50-22-11-5-12-23-50)92-77-94-45-56(74-70(94)76-71(53-25-13-6-14-26-53,54-27-15-7-16-28-54)55-29-17-8-18-30-55)42-60(79)75-61-66(80)78-62(51(24-19-35-73)44-93-67(61)78)68(81)88-43-48-31-33-57(85-3)34-32-48/h4-34,40-41,45,61,63-64,67H,35-39,42-44,46-47H2,1-3H3,(H,74,76)(H,75,79)/b24-19-/t61-,64?,67?,94?/m1/s1. The number of amides is 2. The maximum Gasteiger partial charge on any atom is 0.355 e. The van der Waals surface area contributed by atoms with Crippen LogP contribution in [0.15, 0.2) is 232 Å². The van der Waals surface area contributed by atoms with Crippen molar-refractivity contribution in [3.8, 4) is 17.2 Å². The van der Waals surface area contributed by atoms with E-state index in [4.69, 9.17) is 57.0 Å². The maximum absolute atomic E-state index is 16.9. The number of aliphatic imine (C=N–C) groups is 1. The second kappa shape index (κ2) is 34.0. The van der Waals surface area contributed by atoms with E-state index in [1.54, 1.807) is 36.8 Å². The number of amidine groups is 1. The first-order valence-electron chi connectivity index (χ1n) is 29.9. The van der Waals surface area contributed by atoms with E-state index in [1.165, 1.54) is 36.9 Å². The molecule has 0 bridgehead atoms. The number of alkyl halides is 1. The number of allylic oxidation sites excluding steroid dienone is 2. The molecule has 7 aromatic rings. The first-order chi connectivity index (χ1) is 46.0. The highest BCUT2D eigenvalue weighted by atomic mass is 127. The van der Waals surface area contributed by atoms with Crippen LogP contribution < -0.4 is 24.8 Å². The van der Waals surface area contributed by atoms with Crippen molar-refractivity contribution in [2.24, 2.45) is 9.52 Å². The predicted molar refractivity (Wildman–Crippen MR) is 363 cm³/mol. The maximum atomic E-state index is 16.9. The second-order valence-electron chi connectivity index (χ2n) is 21.1. The number of β-lactam (4-membered cyclic amide) rings is 1. The van der Waals surface area contributed by atoms with Gasteiger partial charge in [0, 0.05) is 51.8 Å². The minimum Gasteiger partial charge on any atom is -0.497 e. The van der Waals surface area contributed by atoms with E-state index in [1.807, 2.05) is 164 Å². The van der Waals surface area contributed by atoms with Crippen LogP contribution in [0.2, 0.25) is 0 Å². The third-order valence-corrected chi connectivity index (χ3v) is 18.2. The summed E-state index contributed by atoms with van der Waals surface area (Å²) in [5.41, 5.74) is 3.99. The number of benzene rings is 7. The van der Waals surface area contributed by atoms with Crippen molar-refractivity contribution < 1.29 is 71.0 Å². The number of halogens is 2. The van der Waals surface area contributed by atoms with Crippen molar-refractivity contribution in [1.82, 2.24) is 15.5 Å². The summed E-state index contributed by atoms with van der Waals surface area (Å²) in [6, 6.07) is 55.8. The summed E-state index contributed by atoms with van der Waals surface area (Å²) < 4.78 is 73.2. The number of carbonyl (C=O) groups is 4. The Hall–Kier alpha value is -8.53. The Morgan fingerprint density at radius 2 is 1.33 bits per heavy atom. The lowest BCUT2D eigenvalue weighted by atomic mass is 9.77. The van der Waals surface area contributed by atoms with Gasteiger partial charge in [-0.2, -0.15) is 0 Å². The molecular formula is C71H69FIN5O14S2. The van der Waals surface area contributed by atoms with E-state index in [0.29, 0.717) is 38.3 Å². The van der Waals surface area contributed by atoms with Gasteiger partial charge in [0.15, 0.2) is 42.2 Å². The molecule has 19 nitrogen and oxygen atoms in total. The summed E-state index contributed by atoms with van der Waals surface area (Å²) in [5.74, 6) is -3.13. The first-order valence-corrected chi connectivity index (χ1v) is 33.7. The van der Waals surface area contributed by atoms with Crippen LogP contribution in [0.1, 0.15) is 57.6 Å². The van der Waals surface area contributed by atoms with Gasteiger partial charge in [0.25, 0.3) is 5.91 Å². The van der Waals surface area contributed by atoms with Gasteiger partial charge in [-0.25, -0.2) is 23.8 Å². The Balaban J connectivity index is 1.03. The quantitative estimate of drug-likeness (QED) is 0.00586. The van der Waals surface area contributed by atoms with E-state index in [2.05, 4.69) is 33.2 Å². The molecule has 0 aliphatic carbocycles. The summed E-state index contributed by atoms with van der Waals surface area (Å²) in [6.07, 6.45) is 0.604. The van der Waals surface area contributed by atoms with Gasteiger partial charge in [0.1, 0.15) is 35.0 Å². The number of thioether (sulfide) groups is 1. The minimum absolute atomic E-state index is 0.0474. The van der Waals surface area contributed by atoms with Crippen molar-refractivity contribution in [3.63, 3.8) is 0 Å². The Bertz CT molecular complexity index is 3740. The largest absolute Gasteiger partial charge is 0.497 e. The van der Waals surface area contributed by atoms with Gasteiger partial charge in [0.2, 0.25) is 12.0 Å². The Kier molecular flexibility index (Phi) is 24.8. The molecule has 23 heteroatoms. The van der Waals surface area contributed by atoms with Crippen molar-refractivity contribution in [2.45, 2.75) is 42.2 Å².